The summed E-state index contributed by atoms with van der Waals surface area (Å²) in [7, 11) is 0. The van der Waals surface area contributed by atoms with E-state index in [9.17, 15) is 9.59 Å². The second-order valence-electron chi connectivity index (χ2n) is 8.58. The molecule has 0 amide bonds. The molecule has 42 heavy (non-hydrogen) atoms. The smallest absolute Gasteiger partial charge is 0.309 e. The van der Waals surface area contributed by atoms with E-state index < -0.39 is 11.6 Å². The topological polar surface area (TPSA) is 127 Å². The number of ether oxygens (including phenoxy) is 3. The molecule has 0 unspecified atom stereocenters. The van der Waals surface area contributed by atoms with Crippen LogP contribution in [0.15, 0.2) is 75.1 Å². The fraction of sp³-hybridized carbons (Fsp3) is 0.321. The van der Waals surface area contributed by atoms with E-state index in [-0.39, 0.29) is 12.4 Å². The first kappa shape index (κ1) is 31.1. The molecule has 0 radical (unpaired) electrons. The van der Waals surface area contributed by atoms with Crippen molar-refractivity contribution in [1.29, 1.82) is 0 Å². The van der Waals surface area contributed by atoms with E-state index in [0.717, 1.165) is 26.8 Å². The van der Waals surface area contributed by atoms with Gasteiger partial charge in [0.15, 0.2) is 0 Å². The van der Waals surface area contributed by atoms with E-state index in [1.807, 2.05) is 30.3 Å². The van der Waals surface area contributed by atoms with Crippen LogP contribution in [0.25, 0.3) is 9.53 Å². The summed E-state index contributed by atoms with van der Waals surface area (Å²) in [6.07, 6.45) is 0.623. The number of rotatable bonds is 14. The van der Waals surface area contributed by atoms with E-state index in [1.165, 1.54) is 22.7 Å². The first-order valence-corrected chi connectivity index (χ1v) is 15.4. The van der Waals surface area contributed by atoms with Gasteiger partial charge in [-0.05, 0) is 61.5 Å². The fourth-order valence-corrected chi connectivity index (χ4v) is 5.60. The number of thiazole rings is 1. The Bertz CT molecular complexity index is 1500. The zero-order valence-electron chi connectivity index (χ0n) is 23.3. The number of anilines is 1. The Labute approximate surface area is 256 Å². The number of hydrogen-bond donors (Lipinski definition) is 1. The summed E-state index contributed by atoms with van der Waals surface area (Å²) in [5.41, 5.74) is 1.39. The Hall–Kier alpha value is -3.88. The predicted octanol–water partition coefficient (Wildman–Crippen LogP) is 8.51. The highest BCUT2D eigenvalue weighted by Gasteiger charge is 2.11. The summed E-state index contributed by atoms with van der Waals surface area (Å²) in [5, 5.41) is 18.5. The first-order valence-electron chi connectivity index (χ1n) is 13.3. The number of likely N-dealkylation sites (N-methyl/N-ethyl adjacent to an activating group) is 1. The average molecular weight is 627 g/mol. The molecule has 11 nitrogen and oxygen atoms in total. The highest BCUT2D eigenvalue weighted by molar-refractivity contribution is 7.80. The second kappa shape index (κ2) is 15.4. The molecule has 0 saturated carbocycles. The summed E-state index contributed by atoms with van der Waals surface area (Å²) in [6, 6.07) is 16.5. The standard InChI is InChI=1S/C28H30N6O5S3/c1-4-24(35)37-16-15-34(6-3)20-11-7-18(8-12-20)31-33-27-29-26-22(41-27)17-23(42-26)32-30-19-9-13-21(14-10-19)38-28(40)39-25(36)5-2/h7-14,17,28,40H,4-6,15-16H2,1-3H3/t28-/m0/s1. The van der Waals surface area contributed by atoms with Crippen LogP contribution in [-0.2, 0) is 19.1 Å². The summed E-state index contributed by atoms with van der Waals surface area (Å²) in [5.74, 6) is -0.0949. The number of esters is 2. The van der Waals surface area contributed by atoms with Crippen LogP contribution in [-0.4, -0.2) is 42.2 Å². The number of aromatic nitrogens is 1. The maximum absolute atomic E-state index is 11.4. The number of hydrogen-bond acceptors (Lipinski definition) is 14. The van der Waals surface area contributed by atoms with Gasteiger partial charge in [-0.25, -0.2) is 4.98 Å². The lowest BCUT2D eigenvalue weighted by atomic mass is 10.2. The number of fused-ring (bicyclic) bond motifs is 1. The number of azo groups is 2. The van der Waals surface area contributed by atoms with Crippen LogP contribution < -0.4 is 9.64 Å². The molecular formula is C28H30N6O5S3. The molecule has 220 valence electrons. The van der Waals surface area contributed by atoms with E-state index >= 15 is 0 Å². The van der Waals surface area contributed by atoms with Crippen molar-refractivity contribution in [3.63, 3.8) is 0 Å². The third-order valence-corrected chi connectivity index (χ3v) is 7.82. The molecule has 2 heterocycles. The second-order valence-corrected chi connectivity index (χ2v) is 11.0. The van der Waals surface area contributed by atoms with Gasteiger partial charge in [-0.15, -0.1) is 20.5 Å². The van der Waals surface area contributed by atoms with Gasteiger partial charge in [0.25, 0.3) is 5.62 Å². The fourth-order valence-electron chi connectivity index (χ4n) is 3.51. The van der Waals surface area contributed by atoms with E-state index in [0.29, 0.717) is 41.8 Å². The monoisotopic (exact) mass is 626 g/mol. The highest BCUT2D eigenvalue weighted by Crippen LogP contribution is 2.39. The van der Waals surface area contributed by atoms with Crippen molar-refractivity contribution in [3.05, 3.63) is 54.6 Å². The Morgan fingerprint density at radius 1 is 0.905 bits per heavy atom. The third kappa shape index (κ3) is 9.06. The first-order chi connectivity index (χ1) is 20.4. The summed E-state index contributed by atoms with van der Waals surface area (Å²) < 4.78 is 16.6. The lowest BCUT2D eigenvalue weighted by Crippen LogP contribution is -2.27. The minimum atomic E-state index is -0.978. The SMILES string of the molecule is CCC(=O)OCCN(CC)c1ccc(N=Nc2nc3sc(N=Nc4ccc(O[C@H](S)OC(=O)CC)cc4)cc3s2)cc1. The summed E-state index contributed by atoms with van der Waals surface area (Å²) in [4.78, 5) is 30.2. The van der Waals surface area contributed by atoms with Crippen LogP contribution in [0, 0.1) is 0 Å². The Morgan fingerprint density at radius 2 is 1.57 bits per heavy atom. The van der Waals surface area contributed by atoms with Crippen molar-refractivity contribution < 1.29 is 23.8 Å². The van der Waals surface area contributed by atoms with Crippen molar-refractivity contribution >= 4 is 84.0 Å². The van der Waals surface area contributed by atoms with Gasteiger partial charge < -0.3 is 19.1 Å². The highest BCUT2D eigenvalue weighted by atomic mass is 32.1. The molecular weight excluding hydrogens is 597 g/mol. The van der Waals surface area contributed by atoms with E-state index in [4.69, 9.17) is 14.2 Å². The van der Waals surface area contributed by atoms with Gasteiger partial charge in [0, 0.05) is 25.1 Å². The van der Waals surface area contributed by atoms with Crippen LogP contribution in [0.3, 0.4) is 0 Å². The Balaban J connectivity index is 1.31. The van der Waals surface area contributed by atoms with E-state index in [1.54, 1.807) is 38.1 Å². The van der Waals surface area contributed by atoms with Crippen LogP contribution in [0.1, 0.15) is 33.6 Å². The Morgan fingerprint density at radius 3 is 2.21 bits per heavy atom. The van der Waals surface area contributed by atoms with Crippen molar-refractivity contribution in [1.82, 2.24) is 4.98 Å². The molecule has 1 atom stereocenters. The predicted molar refractivity (Wildman–Crippen MR) is 168 cm³/mol. The van der Waals surface area contributed by atoms with Gasteiger partial charge in [-0.3, -0.25) is 9.59 Å². The lowest BCUT2D eigenvalue weighted by Gasteiger charge is -2.22. The zero-order chi connectivity index (χ0) is 29.9. The lowest BCUT2D eigenvalue weighted by molar-refractivity contribution is -0.153. The molecule has 0 N–H and O–H groups in total. The van der Waals surface area contributed by atoms with Gasteiger partial charge >= 0.3 is 11.9 Å². The number of nitrogens with zero attached hydrogens (tertiary/aromatic N) is 6. The van der Waals surface area contributed by atoms with Gasteiger partial charge in [-0.2, -0.15) is 0 Å². The van der Waals surface area contributed by atoms with Crippen molar-refractivity contribution in [2.45, 2.75) is 39.2 Å². The van der Waals surface area contributed by atoms with Crippen LogP contribution in [0.2, 0.25) is 0 Å². The minimum absolute atomic E-state index is 0.194. The molecule has 0 aliphatic heterocycles. The Kier molecular flexibility index (Phi) is 11.4. The molecule has 2 aromatic carbocycles. The average Bonchev–Trinajstić information content (AvgIpc) is 3.56. The molecule has 0 bridgehead atoms. The largest absolute Gasteiger partial charge is 0.464 e. The normalized spacial score (nSPS) is 12.2. The number of thiophene rings is 1. The van der Waals surface area contributed by atoms with Crippen molar-refractivity contribution in [2.24, 2.45) is 20.5 Å². The summed E-state index contributed by atoms with van der Waals surface area (Å²) >= 11 is 6.94. The molecule has 0 aliphatic carbocycles. The number of thiol groups is 1. The molecule has 14 heteroatoms. The maximum atomic E-state index is 11.4. The third-order valence-electron chi connectivity index (χ3n) is 5.68. The molecule has 0 fully saturated rings. The molecule has 0 saturated heterocycles. The van der Waals surface area contributed by atoms with Gasteiger partial charge in [0.1, 0.15) is 22.2 Å². The number of benzene rings is 2. The molecule has 0 aliphatic rings. The molecule has 2 aromatic heterocycles. The van der Waals surface area contributed by atoms with Gasteiger partial charge in [-0.1, -0.05) is 49.1 Å². The van der Waals surface area contributed by atoms with Crippen LogP contribution >= 0.6 is 35.3 Å². The number of carbonyl (C=O) groups is 2. The van der Waals surface area contributed by atoms with Crippen molar-refractivity contribution in [2.75, 3.05) is 24.6 Å². The van der Waals surface area contributed by atoms with Crippen LogP contribution in [0.5, 0.6) is 5.75 Å². The quantitative estimate of drug-likeness (QED) is 0.0643. The number of carbonyl (C=O) groups excluding carboxylic acids is 2. The van der Waals surface area contributed by atoms with Crippen LogP contribution in [0.4, 0.5) is 27.2 Å². The zero-order valence-corrected chi connectivity index (χ0v) is 25.8. The summed E-state index contributed by atoms with van der Waals surface area (Å²) in [6.45, 7) is 7.30. The van der Waals surface area contributed by atoms with Gasteiger partial charge in [0.05, 0.1) is 22.6 Å². The van der Waals surface area contributed by atoms with Crippen molar-refractivity contribution in [3.8, 4) is 5.75 Å². The van der Waals surface area contributed by atoms with Gasteiger partial charge in [0.2, 0.25) is 5.13 Å². The minimum Gasteiger partial charge on any atom is -0.464 e. The maximum Gasteiger partial charge on any atom is 0.309 e. The molecule has 4 aromatic rings. The van der Waals surface area contributed by atoms with E-state index in [2.05, 4.69) is 49.9 Å². The molecule has 4 rings (SSSR count). The molecule has 0 spiro atoms.